The zero-order valence-corrected chi connectivity index (χ0v) is 12.2. The van der Waals surface area contributed by atoms with Crippen molar-refractivity contribution in [3.63, 3.8) is 0 Å². The first-order valence-corrected chi connectivity index (χ1v) is 8.11. The van der Waals surface area contributed by atoms with Gasteiger partial charge in [0.25, 0.3) is 0 Å². The van der Waals surface area contributed by atoms with Gasteiger partial charge in [-0.05, 0) is 21.9 Å². The maximum atomic E-state index is 2.37. The fourth-order valence-electron chi connectivity index (χ4n) is 2.77. The molecule has 0 aliphatic heterocycles. The number of rotatable bonds is 3. The van der Waals surface area contributed by atoms with Crippen LogP contribution in [0.25, 0.3) is 10.8 Å². The van der Waals surface area contributed by atoms with Gasteiger partial charge in [-0.3, -0.25) is 0 Å². The van der Waals surface area contributed by atoms with Crippen LogP contribution in [-0.4, -0.2) is 8.80 Å². The van der Waals surface area contributed by atoms with Crippen molar-refractivity contribution in [2.45, 2.75) is 38.8 Å². The van der Waals surface area contributed by atoms with Gasteiger partial charge in [0.15, 0.2) is 0 Å². The van der Waals surface area contributed by atoms with Crippen LogP contribution in [0, 0.1) is 0 Å². The van der Waals surface area contributed by atoms with Crippen molar-refractivity contribution in [3.8, 4) is 0 Å². The Labute approximate surface area is 106 Å². The molecule has 0 spiro atoms. The average Bonchev–Trinajstić information content (AvgIpc) is 2.28. The summed E-state index contributed by atoms with van der Waals surface area (Å²) in [6.07, 6.45) is 0. The summed E-state index contributed by atoms with van der Waals surface area (Å²) < 4.78 is 0. The van der Waals surface area contributed by atoms with Crippen LogP contribution in [0.2, 0.25) is 11.1 Å². The van der Waals surface area contributed by atoms with Crippen LogP contribution in [0.1, 0.15) is 27.7 Å². The first kappa shape index (κ1) is 12.4. The molecule has 0 saturated carbocycles. The summed E-state index contributed by atoms with van der Waals surface area (Å²) in [5.41, 5.74) is 1.57. The summed E-state index contributed by atoms with van der Waals surface area (Å²) in [5.74, 6) is 0. The van der Waals surface area contributed by atoms with Crippen LogP contribution in [0.3, 0.4) is 0 Å². The Hall–Kier alpha value is -1.08. The minimum atomic E-state index is -0.481. The zero-order chi connectivity index (χ0) is 12.4. The van der Waals surface area contributed by atoms with Crippen molar-refractivity contribution in [1.82, 2.24) is 0 Å². The van der Waals surface area contributed by atoms with Crippen molar-refractivity contribution in [2.75, 3.05) is 0 Å². The predicted molar refractivity (Wildman–Crippen MR) is 79.5 cm³/mol. The van der Waals surface area contributed by atoms with Crippen LogP contribution in [0.15, 0.2) is 42.5 Å². The van der Waals surface area contributed by atoms with Gasteiger partial charge >= 0.3 is 0 Å². The molecule has 0 atom stereocenters. The van der Waals surface area contributed by atoms with Crippen molar-refractivity contribution in [1.29, 1.82) is 0 Å². The molecule has 0 heterocycles. The van der Waals surface area contributed by atoms with E-state index in [4.69, 9.17) is 0 Å². The molecule has 0 aliphatic carbocycles. The van der Waals surface area contributed by atoms with Crippen molar-refractivity contribution >= 4 is 24.8 Å². The average molecular weight is 241 g/mol. The molecular weight excluding hydrogens is 220 g/mol. The molecule has 17 heavy (non-hydrogen) atoms. The van der Waals surface area contributed by atoms with E-state index in [0.29, 0.717) is 0 Å². The van der Waals surface area contributed by atoms with Gasteiger partial charge in [0.2, 0.25) is 0 Å². The summed E-state index contributed by atoms with van der Waals surface area (Å²) in [6.45, 7) is 9.48. The van der Waals surface area contributed by atoms with E-state index in [2.05, 4.69) is 70.2 Å². The first-order chi connectivity index (χ1) is 8.11. The predicted octanol–water partition coefficient (Wildman–Crippen LogP) is 4.36. The Morgan fingerprint density at radius 3 is 2.00 bits per heavy atom. The molecular formula is C16H21Si. The van der Waals surface area contributed by atoms with Gasteiger partial charge in [0.1, 0.15) is 0 Å². The second-order valence-corrected chi connectivity index (χ2v) is 9.05. The van der Waals surface area contributed by atoms with E-state index < -0.39 is 8.80 Å². The Balaban J connectivity index is 2.61. The summed E-state index contributed by atoms with van der Waals surface area (Å²) in [6, 6.07) is 15.6. The molecule has 2 aromatic rings. The van der Waals surface area contributed by atoms with E-state index in [1.165, 1.54) is 10.8 Å². The van der Waals surface area contributed by atoms with E-state index in [0.717, 1.165) is 11.1 Å². The standard InChI is InChI=1S/C16H21Si/c1-12(2)17(13(3)4)16-11-7-9-14-8-5-6-10-15(14)16/h5-13H,1-4H3. The van der Waals surface area contributed by atoms with Gasteiger partial charge in [0, 0.05) is 0 Å². The fourth-order valence-corrected chi connectivity index (χ4v) is 6.17. The molecule has 0 N–H and O–H groups in total. The molecule has 2 rings (SSSR count). The lowest BCUT2D eigenvalue weighted by Crippen LogP contribution is -2.36. The highest BCUT2D eigenvalue weighted by atomic mass is 28.3. The quantitative estimate of drug-likeness (QED) is 0.700. The monoisotopic (exact) mass is 241 g/mol. The minimum Gasteiger partial charge on any atom is -0.0650 e. The number of hydrogen-bond acceptors (Lipinski definition) is 0. The van der Waals surface area contributed by atoms with Gasteiger partial charge in [-0.1, -0.05) is 75.3 Å². The van der Waals surface area contributed by atoms with Crippen LogP contribution < -0.4 is 5.19 Å². The molecule has 0 nitrogen and oxygen atoms in total. The fraction of sp³-hybridized carbons (Fsp3) is 0.375. The first-order valence-electron chi connectivity index (χ1n) is 6.46. The van der Waals surface area contributed by atoms with Gasteiger partial charge in [-0.25, -0.2) is 0 Å². The van der Waals surface area contributed by atoms with E-state index in [-0.39, 0.29) is 0 Å². The van der Waals surface area contributed by atoms with Gasteiger partial charge < -0.3 is 0 Å². The van der Waals surface area contributed by atoms with Gasteiger partial charge in [-0.15, -0.1) is 0 Å². The zero-order valence-electron chi connectivity index (χ0n) is 11.2. The topological polar surface area (TPSA) is 0 Å². The Morgan fingerprint density at radius 2 is 1.35 bits per heavy atom. The summed E-state index contributed by atoms with van der Waals surface area (Å²) in [7, 11) is -0.481. The summed E-state index contributed by atoms with van der Waals surface area (Å²) >= 11 is 0. The Morgan fingerprint density at radius 1 is 0.765 bits per heavy atom. The summed E-state index contributed by atoms with van der Waals surface area (Å²) in [5, 5.41) is 4.46. The van der Waals surface area contributed by atoms with Gasteiger partial charge in [0.05, 0.1) is 8.80 Å². The van der Waals surface area contributed by atoms with Crippen LogP contribution in [0.4, 0.5) is 0 Å². The largest absolute Gasteiger partial charge is 0.0918 e. The molecule has 1 radical (unpaired) electrons. The van der Waals surface area contributed by atoms with Crippen LogP contribution in [-0.2, 0) is 0 Å². The summed E-state index contributed by atoms with van der Waals surface area (Å²) in [4.78, 5) is 0. The molecule has 0 aliphatic rings. The van der Waals surface area contributed by atoms with Crippen molar-refractivity contribution in [2.24, 2.45) is 0 Å². The lowest BCUT2D eigenvalue weighted by Gasteiger charge is -2.24. The Kier molecular flexibility index (Phi) is 3.68. The van der Waals surface area contributed by atoms with E-state index >= 15 is 0 Å². The van der Waals surface area contributed by atoms with Crippen molar-refractivity contribution in [3.05, 3.63) is 42.5 Å². The molecule has 1 heteroatoms. The van der Waals surface area contributed by atoms with E-state index in [1.807, 2.05) is 0 Å². The molecule has 0 amide bonds. The highest BCUT2D eigenvalue weighted by molar-refractivity contribution is 6.77. The van der Waals surface area contributed by atoms with Crippen LogP contribution in [0.5, 0.6) is 0 Å². The maximum absolute atomic E-state index is 2.37. The van der Waals surface area contributed by atoms with Crippen LogP contribution >= 0.6 is 0 Å². The Bertz CT molecular complexity index is 486. The van der Waals surface area contributed by atoms with E-state index in [1.54, 1.807) is 5.19 Å². The minimum absolute atomic E-state index is 0.481. The normalized spacial score (nSPS) is 11.9. The number of hydrogen-bond donors (Lipinski definition) is 0. The van der Waals surface area contributed by atoms with Crippen molar-refractivity contribution < 1.29 is 0 Å². The molecule has 89 valence electrons. The lowest BCUT2D eigenvalue weighted by atomic mass is 10.1. The SMILES string of the molecule is CC(C)[Si](c1cccc2ccccc12)C(C)C. The third-order valence-electron chi connectivity index (χ3n) is 3.34. The molecule has 2 aromatic carbocycles. The second-order valence-electron chi connectivity index (χ2n) is 5.29. The second kappa shape index (κ2) is 5.05. The third kappa shape index (κ3) is 2.44. The number of benzene rings is 2. The maximum Gasteiger partial charge on any atom is 0.0918 e. The number of fused-ring (bicyclic) bond motifs is 1. The lowest BCUT2D eigenvalue weighted by molar-refractivity contribution is 0.952. The highest BCUT2D eigenvalue weighted by Gasteiger charge is 2.23. The molecule has 0 fully saturated rings. The molecule has 0 aromatic heterocycles. The molecule has 0 saturated heterocycles. The molecule has 0 bridgehead atoms. The van der Waals surface area contributed by atoms with Gasteiger partial charge in [-0.2, -0.15) is 0 Å². The third-order valence-corrected chi connectivity index (χ3v) is 6.89. The smallest absolute Gasteiger partial charge is 0.0650 e. The molecule has 0 unspecified atom stereocenters. The van der Waals surface area contributed by atoms with E-state index in [9.17, 15) is 0 Å². The highest BCUT2D eigenvalue weighted by Crippen LogP contribution is 2.23.